The summed E-state index contributed by atoms with van der Waals surface area (Å²) in [5.74, 6) is 0.0380. The number of carbonyl (C=O) groups is 1. The number of nitrogens with zero attached hydrogens (tertiary/aromatic N) is 1. The van der Waals surface area contributed by atoms with Crippen LogP contribution >= 0.6 is 11.6 Å². The van der Waals surface area contributed by atoms with Crippen molar-refractivity contribution in [2.75, 3.05) is 25.0 Å². The van der Waals surface area contributed by atoms with Crippen LogP contribution in [-0.2, 0) is 19.6 Å². The lowest BCUT2D eigenvalue weighted by Gasteiger charge is -2.34. The summed E-state index contributed by atoms with van der Waals surface area (Å²) >= 11 is 5.98. The van der Waals surface area contributed by atoms with Crippen LogP contribution in [0.3, 0.4) is 0 Å². The summed E-state index contributed by atoms with van der Waals surface area (Å²) in [6.07, 6.45) is -0.324. The van der Waals surface area contributed by atoms with Gasteiger partial charge in [0.05, 0.1) is 22.1 Å². The summed E-state index contributed by atoms with van der Waals surface area (Å²) in [5.41, 5.74) is 0.473. The molecule has 1 N–H and O–H groups in total. The molecule has 0 radical (unpaired) electrons. The van der Waals surface area contributed by atoms with Crippen LogP contribution in [0, 0.1) is 0 Å². The maximum atomic E-state index is 12.9. The van der Waals surface area contributed by atoms with Crippen molar-refractivity contribution in [2.45, 2.75) is 31.0 Å². The quantitative estimate of drug-likeness (QED) is 0.748. The van der Waals surface area contributed by atoms with Gasteiger partial charge >= 0.3 is 0 Å². The Balaban J connectivity index is 1.61. The van der Waals surface area contributed by atoms with Crippen LogP contribution < -0.4 is 10.1 Å². The molecule has 29 heavy (non-hydrogen) atoms. The maximum absolute atomic E-state index is 12.9. The molecule has 2 aromatic carbocycles. The van der Waals surface area contributed by atoms with E-state index < -0.39 is 10.0 Å². The van der Waals surface area contributed by atoms with Crippen molar-refractivity contribution >= 4 is 33.2 Å². The second-order valence-electron chi connectivity index (χ2n) is 6.87. The lowest BCUT2D eigenvalue weighted by atomic mass is 10.3. The average molecular weight is 439 g/mol. The minimum absolute atomic E-state index is 0.162. The number of rotatable bonds is 6. The normalized spacial score (nSPS) is 20.2. The topological polar surface area (TPSA) is 84.9 Å². The smallest absolute Gasteiger partial charge is 0.262 e. The first kappa shape index (κ1) is 21.6. The fraction of sp³-hybridized carbons (Fsp3) is 0.350. The first-order valence-corrected chi connectivity index (χ1v) is 11.0. The van der Waals surface area contributed by atoms with E-state index in [1.807, 2.05) is 13.8 Å². The number of nitrogens with one attached hydrogen (secondary N) is 1. The fourth-order valence-corrected chi connectivity index (χ4v) is 4.87. The lowest BCUT2D eigenvalue weighted by molar-refractivity contribution is -0.118. The number of halogens is 1. The standard InChI is InChI=1S/C20H23ClN2O5S/c1-14-11-23(12-15(2)28-14)29(25,26)17-9-7-16(8-10-17)22-20(24)13-27-19-6-4-3-5-18(19)21/h3-10,14-15H,11-13H2,1-2H3,(H,22,24)/t14-,15+. The number of carbonyl (C=O) groups excluding carboxylic acids is 1. The molecule has 2 aromatic rings. The minimum atomic E-state index is -3.62. The summed E-state index contributed by atoms with van der Waals surface area (Å²) in [6, 6.07) is 12.9. The van der Waals surface area contributed by atoms with Gasteiger partial charge in [-0.2, -0.15) is 4.31 Å². The summed E-state index contributed by atoms with van der Waals surface area (Å²) in [4.78, 5) is 12.2. The fourth-order valence-electron chi connectivity index (χ4n) is 3.09. The molecule has 0 unspecified atom stereocenters. The number of anilines is 1. The van der Waals surface area contributed by atoms with Gasteiger partial charge in [0, 0.05) is 18.8 Å². The van der Waals surface area contributed by atoms with Crippen molar-refractivity contribution in [1.29, 1.82) is 0 Å². The number of para-hydroxylation sites is 1. The Morgan fingerprint density at radius 3 is 2.38 bits per heavy atom. The van der Waals surface area contributed by atoms with Crippen LogP contribution in [0.4, 0.5) is 5.69 Å². The van der Waals surface area contributed by atoms with Crippen LogP contribution in [0.25, 0.3) is 0 Å². The number of ether oxygens (including phenoxy) is 2. The van der Waals surface area contributed by atoms with Crippen molar-refractivity contribution in [2.24, 2.45) is 0 Å². The highest BCUT2D eigenvalue weighted by atomic mass is 35.5. The number of amides is 1. The highest BCUT2D eigenvalue weighted by Crippen LogP contribution is 2.24. The van der Waals surface area contributed by atoms with Crippen LogP contribution in [-0.4, -0.2) is 50.5 Å². The first-order chi connectivity index (χ1) is 13.8. The van der Waals surface area contributed by atoms with E-state index in [4.69, 9.17) is 21.1 Å². The van der Waals surface area contributed by atoms with Crippen molar-refractivity contribution < 1.29 is 22.7 Å². The van der Waals surface area contributed by atoms with Gasteiger partial charge in [-0.3, -0.25) is 4.79 Å². The molecule has 9 heteroatoms. The molecule has 0 spiro atoms. The number of sulfonamides is 1. The van der Waals surface area contributed by atoms with Gasteiger partial charge in [0.2, 0.25) is 10.0 Å². The van der Waals surface area contributed by atoms with Crippen molar-refractivity contribution in [3.63, 3.8) is 0 Å². The average Bonchev–Trinajstić information content (AvgIpc) is 2.67. The predicted molar refractivity (Wildman–Crippen MR) is 111 cm³/mol. The second-order valence-corrected chi connectivity index (χ2v) is 9.22. The maximum Gasteiger partial charge on any atom is 0.262 e. The van der Waals surface area contributed by atoms with Gasteiger partial charge in [0.25, 0.3) is 5.91 Å². The Kier molecular flexibility index (Phi) is 6.79. The van der Waals surface area contributed by atoms with E-state index in [-0.39, 0.29) is 29.6 Å². The summed E-state index contributed by atoms with van der Waals surface area (Å²) in [5, 5.41) is 3.09. The Morgan fingerprint density at radius 1 is 1.14 bits per heavy atom. The highest BCUT2D eigenvalue weighted by molar-refractivity contribution is 7.89. The van der Waals surface area contributed by atoms with E-state index in [1.54, 1.807) is 36.4 Å². The molecule has 1 aliphatic heterocycles. The lowest BCUT2D eigenvalue weighted by Crippen LogP contribution is -2.48. The van der Waals surface area contributed by atoms with E-state index in [0.717, 1.165) is 0 Å². The highest BCUT2D eigenvalue weighted by Gasteiger charge is 2.32. The summed E-state index contributed by atoms with van der Waals surface area (Å²) < 4.78 is 38.1. The van der Waals surface area contributed by atoms with Crippen LogP contribution in [0.15, 0.2) is 53.4 Å². The molecule has 0 aliphatic carbocycles. The third kappa shape index (κ3) is 5.48. The van der Waals surface area contributed by atoms with Gasteiger partial charge in [-0.05, 0) is 50.2 Å². The molecule has 7 nitrogen and oxygen atoms in total. The monoisotopic (exact) mass is 438 g/mol. The molecule has 1 aliphatic rings. The molecule has 2 atom stereocenters. The van der Waals surface area contributed by atoms with E-state index in [1.165, 1.54) is 16.4 Å². The molecule has 1 saturated heterocycles. The molecule has 1 heterocycles. The zero-order valence-electron chi connectivity index (χ0n) is 16.2. The van der Waals surface area contributed by atoms with E-state index in [2.05, 4.69) is 5.32 Å². The van der Waals surface area contributed by atoms with Crippen molar-refractivity contribution in [3.05, 3.63) is 53.6 Å². The van der Waals surface area contributed by atoms with Gasteiger partial charge in [-0.25, -0.2) is 8.42 Å². The predicted octanol–water partition coefficient (Wildman–Crippen LogP) is 3.16. The molecule has 3 rings (SSSR count). The first-order valence-electron chi connectivity index (χ1n) is 9.18. The van der Waals surface area contributed by atoms with Gasteiger partial charge in [0.1, 0.15) is 5.75 Å². The zero-order chi connectivity index (χ0) is 21.0. The van der Waals surface area contributed by atoms with E-state index >= 15 is 0 Å². The van der Waals surface area contributed by atoms with Gasteiger partial charge in [0.15, 0.2) is 6.61 Å². The van der Waals surface area contributed by atoms with E-state index in [0.29, 0.717) is 29.5 Å². The number of hydrogen-bond acceptors (Lipinski definition) is 5. The van der Waals surface area contributed by atoms with Crippen LogP contribution in [0.5, 0.6) is 5.75 Å². The van der Waals surface area contributed by atoms with Crippen molar-refractivity contribution in [1.82, 2.24) is 4.31 Å². The third-order valence-corrected chi connectivity index (χ3v) is 6.52. The molecule has 1 amide bonds. The SMILES string of the molecule is C[C@@H]1CN(S(=O)(=O)c2ccc(NC(=O)COc3ccccc3Cl)cc2)C[C@H](C)O1. The molecular weight excluding hydrogens is 416 g/mol. The zero-order valence-corrected chi connectivity index (χ0v) is 17.7. The van der Waals surface area contributed by atoms with Crippen LogP contribution in [0.2, 0.25) is 5.02 Å². The Bertz CT molecular complexity index is 955. The number of morpholine rings is 1. The second kappa shape index (κ2) is 9.13. The van der Waals surface area contributed by atoms with Gasteiger partial charge in [-0.15, -0.1) is 0 Å². The van der Waals surface area contributed by atoms with E-state index in [9.17, 15) is 13.2 Å². The minimum Gasteiger partial charge on any atom is -0.482 e. The van der Waals surface area contributed by atoms with Crippen LogP contribution in [0.1, 0.15) is 13.8 Å². The molecule has 1 fully saturated rings. The molecular formula is C20H23ClN2O5S. The molecule has 0 bridgehead atoms. The van der Waals surface area contributed by atoms with Gasteiger partial charge in [-0.1, -0.05) is 23.7 Å². The van der Waals surface area contributed by atoms with Crippen molar-refractivity contribution in [3.8, 4) is 5.75 Å². The molecule has 156 valence electrons. The molecule has 0 aromatic heterocycles. The molecule has 0 saturated carbocycles. The number of benzene rings is 2. The largest absolute Gasteiger partial charge is 0.482 e. The Hall–Kier alpha value is -2.13. The summed E-state index contributed by atoms with van der Waals surface area (Å²) in [7, 11) is -3.62. The number of hydrogen-bond donors (Lipinski definition) is 1. The summed E-state index contributed by atoms with van der Waals surface area (Å²) in [6.45, 7) is 4.10. The Morgan fingerprint density at radius 2 is 1.76 bits per heavy atom. The van der Waals surface area contributed by atoms with Gasteiger partial charge < -0.3 is 14.8 Å². The Labute approximate surface area is 175 Å². The third-order valence-electron chi connectivity index (χ3n) is 4.36.